The van der Waals surface area contributed by atoms with Crippen molar-refractivity contribution >= 4 is 57.2 Å². The van der Waals surface area contributed by atoms with Crippen LogP contribution in [-0.4, -0.2) is 53.2 Å². The number of nitrogen functional groups attached to an aromatic ring is 1. The number of imidazole rings is 1. The molecule has 1 saturated heterocycles. The van der Waals surface area contributed by atoms with E-state index in [4.69, 9.17) is 24.8 Å². The Bertz CT molecular complexity index is 1010. The maximum atomic E-state index is 11.6. The number of fused-ring (bicyclic) bond motifs is 1. The predicted octanol–water partition coefficient (Wildman–Crippen LogP) is 1.28. The van der Waals surface area contributed by atoms with Gasteiger partial charge in [0.15, 0.2) is 11.5 Å². The third-order valence-corrected chi connectivity index (χ3v) is 7.08. The van der Waals surface area contributed by atoms with Crippen LogP contribution in [-0.2, 0) is 31.6 Å². The Morgan fingerprint density at radius 1 is 1.41 bits per heavy atom. The molecular weight excluding hydrogens is 523 g/mol. The van der Waals surface area contributed by atoms with Crippen molar-refractivity contribution in [2.24, 2.45) is 0 Å². The van der Waals surface area contributed by atoms with E-state index in [0.717, 1.165) is 0 Å². The van der Waals surface area contributed by atoms with Crippen LogP contribution >= 0.6 is 40.3 Å². The van der Waals surface area contributed by atoms with Crippen LogP contribution in [0.25, 0.3) is 11.2 Å². The number of nitrogens with zero attached hydrogens (tertiary/aromatic N) is 4. The molecule has 29 heavy (non-hydrogen) atoms. The maximum absolute atomic E-state index is 11.6. The van der Waals surface area contributed by atoms with E-state index in [1.807, 2.05) is 0 Å². The Kier molecular flexibility index (Phi) is 7.03. The first-order valence-corrected chi connectivity index (χ1v) is 12.0. The molecule has 6 atom stereocenters. The molecular formula is C10H13BrN5O10P3+2. The van der Waals surface area contributed by atoms with Gasteiger partial charge in [0.05, 0.1) is 12.4 Å². The average molecular weight is 536 g/mol. The summed E-state index contributed by atoms with van der Waals surface area (Å²) in [7, 11) is -11.7. The highest BCUT2D eigenvalue weighted by molar-refractivity contribution is 9.10. The van der Waals surface area contributed by atoms with Crippen molar-refractivity contribution in [2.75, 3.05) is 12.3 Å². The van der Waals surface area contributed by atoms with Crippen LogP contribution < -0.4 is 5.73 Å². The molecule has 6 unspecified atom stereocenters. The number of halogens is 1. The Balaban J connectivity index is 1.63. The van der Waals surface area contributed by atoms with Gasteiger partial charge in [-0.15, -0.1) is 9.42 Å². The first kappa shape index (κ1) is 22.7. The smallest absolute Gasteiger partial charge is 0.390 e. The zero-order valence-corrected chi connectivity index (χ0v) is 18.3. The topological polar surface area (TPSA) is 218 Å². The molecule has 1 aliphatic rings. The van der Waals surface area contributed by atoms with Crippen LogP contribution in [0.1, 0.15) is 12.6 Å². The van der Waals surface area contributed by atoms with Crippen LogP contribution in [0.5, 0.6) is 0 Å². The van der Waals surface area contributed by atoms with Crippen LogP contribution in [0.4, 0.5) is 5.82 Å². The fourth-order valence-electron chi connectivity index (χ4n) is 2.50. The lowest BCUT2D eigenvalue weighted by atomic mass is 10.2. The van der Waals surface area contributed by atoms with Crippen LogP contribution in [0.3, 0.4) is 0 Å². The molecule has 158 valence electrons. The molecule has 15 nitrogen and oxygen atoms in total. The van der Waals surface area contributed by atoms with Gasteiger partial charge >= 0.3 is 24.3 Å². The second-order valence-corrected chi connectivity index (χ2v) is 9.66. The number of anilines is 1. The van der Waals surface area contributed by atoms with E-state index >= 15 is 0 Å². The SMILES string of the molecule is Nc1nc(Br)nc2c1ncn2C1CC(O)C(CO[P+](=O)OP(=O)(O)O[P+](=O)O)O1. The summed E-state index contributed by atoms with van der Waals surface area (Å²) in [5, 5.41) is 10.2. The number of hydrogen-bond donors (Lipinski definition) is 4. The van der Waals surface area contributed by atoms with Crippen molar-refractivity contribution in [3.05, 3.63) is 11.1 Å². The molecule has 0 saturated carbocycles. The van der Waals surface area contributed by atoms with Crippen molar-refractivity contribution in [1.29, 1.82) is 0 Å². The van der Waals surface area contributed by atoms with E-state index < -0.39 is 49.4 Å². The fraction of sp³-hybridized carbons (Fsp3) is 0.500. The first-order valence-electron chi connectivity index (χ1n) is 7.53. The second-order valence-electron chi connectivity index (χ2n) is 5.52. The van der Waals surface area contributed by atoms with Gasteiger partial charge in [-0.2, -0.15) is 0 Å². The lowest BCUT2D eigenvalue weighted by molar-refractivity contribution is -0.0384. The highest BCUT2D eigenvalue weighted by atomic mass is 79.9. The van der Waals surface area contributed by atoms with Gasteiger partial charge in [-0.3, -0.25) is 9.46 Å². The number of aliphatic hydroxyl groups excluding tert-OH is 1. The number of ether oxygens (including phenoxy) is 1. The number of phosphoric acid groups is 1. The Hall–Kier alpha value is -1.02. The van der Waals surface area contributed by atoms with Crippen LogP contribution in [0.2, 0.25) is 0 Å². The summed E-state index contributed by atoms with van der Waals surface area (Å²) in [6, 6.07) is 0. The summed E-state index contributed by atoms with van der Waals surface area (Å²) in [6.07, 6.45) is -1.23. The van der Waals surface area contributed by atoms with Gasteiger partial charge in [0, 0.05) is 24.2 Å². The molecule has 1 fully saturated rings. The summed E-state index contributed by atoms with van der Waals surface area (Å²) in [4.78, 5) is 29.7. The van der Waals surface area contributed by atoms with E-state index in [1.165, 1.54) is 10.9 Å². The average Bonchev–Trinajstić information content (AvgIpc) is 3.14. The highest BCUT2D eigenvalue weighted by Crippen LogP contribution is 2.57. The van der Waals surface area contributed by atoms with Crippen molar-refractivity contribution in [3.8, 4) is 0 Å². The lowest BCUT2D eigenvalue weighted by Gasteiger charge is -2.13. The van der Waals surface area contributed by atoms with E-state index in [1.54, 1.807) is 0 Å². The summed E-state index contributed by atoms with van der Waals surface area (Å²) < 4.78 is 53.2. The summed E-state index contributed by atoms with van der Waals surface area (Å²) >= 11 is 3.13. The minimum Gasteiger partial charge on any atom is -0.390 e. The summed E-state index contributed by atoms with van der Waals surface area (Å²) in [5.74, 6) is 0.147. The lowest BCUT2D eigenvalue weighted by Crippen LogP contribution is -2.25. The normalized spacial score (nSPS) is 25.2. The predicted molar refractivity (Wildman–Crippen MR) is 97.3 cm³/mol. The minimum absolute atomic E-state index is 0.102. The Labute approximate surface area is 171 Å². The number of hydrogen-bond acceptors (Lipinski definition) is 12. The second kappa shape index (κ2) is 9.00. The molecule has 2 aromatic rings. The number of aromatic nitrogens is 4. The van der Waals surface area contributed by atoms with Crippen molar-refractivity contribution in [2.45, 2.75) is 24.9 Å². The number of rotatable bonds is 8. The molecule has 3 heterocycles. The summed E-state index contributed by atoms with van der Waals surface area (Å²) in [5.41, 5.74) is 6.48. The first-order chi connectivity index (χ1) is 13.6. The van der Waals surface area contributed by atoms with E-state index in [2.05, 4.69) is 39.5 Å². The van der Waals surface area contributed by atoms with E-state index in [-0.39, 0.29) is 17.0 Å². The van der Waals surface area contributed by atoms with Gasteiger partial charge < -0.3 is 15.6 Å². The summed E-state index contributed by atoms with van der Waals surface area (Å²) in [6.45, 7) is -0.481. The third kappa shape index (κ3) is 5.57. The third-order valence-electron chi connectivity index (χ3n) is 3.62. The van der Waals surface area contributed by atoms with Crippen LogP contribution in [0.15, 0.2) is 11.1 Å². The molecule has 3 rings (SSSR count). The van der Waals surface area contributed by atoms with Crippen molar-refractivity contribution in [1.82, 2.24) is 19.5 Å². The molecule has 19 heteroatoms. The van der Waals surface area contributed by atoms with Gasteiger partial charge in [-0.25, -0.2) is 19.5 Å². The van der Waals surface area contributed by atoms with Crippen LogP contribution in [0, 0.1) is 0 Å². The number of aliphatic hydroxyl groups is 1. The molecule has 0 aromatic carbocycles. The van der Waals surface area contributed by atoms with Crippen molar-refractivity contribution in [3.63, 3.8) is 0 Å². The van der Waals surface area contributed by atoms with Gasteiger partial charge in [-0.05, 0) is 15.9 Å². The molecule has 0 radical (unpaired) electrons. The largest absolute Gasteiger partial charge is 0.708 e. The quantitative estimate of drug-likeness (QED) is 0.276. The van der Waals surface area contributed by atoms with Crippen molar-refractivity contribution < 1.29 is 46.5 Å². The van der Waals surface area contributed by atoms with Gasteiger partial charge in [0.1, 0.15) is 24.5 Å². The maximum Gasteiger partial charge on any atom is 0.708 e. The van der Waals surface area contributed by atoms with E-state index in [9.17, 15) is 18.8 Å². The van der Waals surface area contributed by atoms with Gasteiger partial charge in [-0.1, -0.05) is 0 Å². The molecule has 1 aliphatic heterocycles. The molecule has 0 aliphatic carbocycles. The van der Waals surface area contributed by atoms with E-state index in [0.29, 0.717) is 11.2 Å². The molecule has 0 amide bonds. The monoisotopic (exact) mass is 535 g/mol. The van der Waals surface area contributed by atoms with Gasteiger partial charge in [0.2, 0.25) is 4.73 Å². The zero-order valence-electron chi connectivity index (χ0n) is 14.0. The standard InChI is InChI=1S/C10H11BrN5O10P3/c11-10-14-8(12)7-9(15-10)16(3-13-7)6-1-4(17)5(24-6)2-23-28(20)26-29(21,22)25-27(18)19/h3-6,17H,1-2H2,(H2-2,12,14,15,18,19,21,22)/p+2. The number of nitrogens with two attached hydrogens (primary N) is 1. The molecule has 0 spiro atoms. The fourth-order valence-corrected chi connectivity index (χ4v) is 5.09. The highest BCUT2D eigenvalue weighted by Gasteiger charge is 2.46. The molecule has 0 bridgehead atoms. The Morgan fingerprint density at radius 2 is 2.14 bits per heavy atom. The molecule has 5 N–H and O–H groups in total. The minimum atomic E-state index is -5.06. The van der Waals surface area contributed by atoms with Gasteiger partial charge in [0.25, 0.3) is 0 Å². The Morgan fingerprint density at radius 3 is 2.83 bits per heavy atom. The molecule has 2 aromatic heterocycles. The zero-order chi connectivity index (χ0) is 21.3.